The summed E-state index contributed by atoms with van der Waals surface area (Å²) < 4.78 is 29.2. The van der Waals surface area contributed by atoms with Crippen molar-refractivity contribution < 1.29 is 17.8 Å². The van der Waals surface area contributed by atoms with E-state index < -0.39 is 15.0 Å². The van der Waals surface area contributed by atoms with Crippen LogP contribution in [0.15, 0.2) is 0 Å². The van der Waals surface area contributed by atoms with E-state index in [1.165, 1.54) is 13.8 Å². The van der Waals surface area contributed by atoms with Gasteiger partial charge < -0.3 is 5.32 Å². The predicted octanol–water partition coefficient (Wildman–Crippen LogP) is -0.644. The van der Waals surface area contributed by atoms with Crippen molar-refractivity contribution >= 4 is 16.5 Å². The van der Waals surface area contributed by atoms with Gasteiger partial charge in [-0.1, -0.05) is 0 Å². The van der Waals surface area contributed by atoms with Crippen LogP contribution in [0.5, 0.6) is 0 Å². The van der Waals surface area contributed by atoms with Crippen molar-refractivity contribution in [3.63, 3.8) is 0 Å². The molecule has 0 saturated carbocycles. The third kappa shape index (κ3) is 1.96. The number of amides is 1. The number of carbonyl (C=O) groups is 1. The van der Waals surface area contributed by atoms with Crippen LogP contribution >= 0.6 is 0 Å². The Morgan fingerprint density at radius 1 is 1.50 bits per heavy atom. The Morgan fingerprint density at radius 3 is 2.00 bits per heavy atom. The Kier molecular flexibility index (Phi) is 2.39. The molecule has 0 heterocycles. The molecule has 0 spiro atoms. The maximum absolute atomic E-state index is 10.4. The van der Waals surface area contributed by atoms with Crippen molar-refractivity contribution in [3.8, 4) is 0 Å². The summed E-state index contributed by atoms with van der Waals surface area (Å²) >= 11 is 0. The van der Waals surface area contributed by atoms with Crippen molar-refractivity contribution in [1.82, 2.24) is 5.32 Å². The molecule has 0 aromatic rings. The lowest BCUT2D eigenvalue weighted by atomic mass is 10.4. The minimum atomic E-state index is -4.21. The van der Waals surface area contributed by atoms with Crippen LogP contribution in [0.4, 0.5) is 0 Å². The first-order valence-corrected chi connectivity index (χ1v) is 3.93. The summed E-state index contributed by atoms with van der Waals surface area (Å²) in [6, 6.07) is 0. The van der Waals surface area contributed by atoms with Crippen molar-refractivity contribution in [2.45, 2.75) is 18.7 Å². The lowest BCUT2D eigenvalue weighted by Crippen LogP contribution is -2.45. The van der Waals surface area contributed by atoms with E-state index >= 15 is 0 Å². The highest BCUT2D eigenvalue weighted by Gasteiger charge is 2.31. The number of hydrogen-bond donors (Lipinski definition) is 2. The third-order valence-electron chi connectivity index (χ3n) is 1.05. The van der Waals surface area contributed by atoms with Gasteiger partial charge in [-0.25, -0.2) is 0 Å². The molecule has 10 heavy (non-hydrogen) atoms. The molecule has 2 N–H and O–H groups in total. The number of rotatable bonds is 3. The highest BCUT2D eigenvalue weighted by Crippen LogP contribution is 2.08. The highest BCUT2D eigenvalue weighted by molar-refractivity contribution is 7.87. The molecule has 5 nitrogen and oxygen atoms in total. The van der Waals surface area contributed by atoms with Crippen LogP contribution in [-0.4, -0.2) is 24.3 Å². The first-order valence-electron chi connectivity index (χ1n) is 2.49. The van der Waals surface area contributed by atoms with Crippen molar-refractivity contribution in [1.29, 1.82) is 0 Å². The van der Waals surface area contributed by atoms with Gasteiger partial charge in [-0.3, -0.25) is 9.35 Å². The van der Waals surface area contributed by atoms with Gasteiger partial charge in [-0.15, -0.1) is 0 Å². The van der Waals surface area contributed by atoms with E-state index in [-0.39, 0.29) is 6.41 Å². The Hall–Kier alpha value is -0.620. The summed E-state index contributed by atoms with van der Waals surface area (Å²) in [7, 11) is -4.21. The van der Waals surface area contributed by atoms with E-state index in [1.807, 2.05) is 5.32 Å². The molecule has 0 aliphatic carbocycles. The lowest BCUT2D eigenvalue weighted by molar-refractivity contribution is -0.110. The first-order chi connectivity index (χ1) is 4.31. The van der Waals surface area contributed by atoms with Gasteiger partial charge in [-0.2, -0.15) is 8.42 Å². The molecule has 0 bridgehead atoms. The van der Waals surface area contributed by atoms with Crippen LogP contribution in [0.2, 0.25) is 0 Å². The minimum Gasteiger partial charge on any atom is -0.338 e. The predicted molar refractivity (Wildman–Crippen MR) is 34.8 cm³/mol. The molecule has 1 amide bonds. The minimum absolute atomic E-state index is 0.216. The average molecular weight is 167 g/mol. The first kappa shape index (κ1) is 9.38. The van der Waals surface area contributed by atoms with Crippen LogP contribution < -0.4 is 5.32 Å². The van der Waals surface area contributed by atoms with Gasteiger partial charge in [0.05, 0.1) is 0 Å². The zero-order valence-electron chi connectivity index (χ0n) is 5.66. The fourth-order valence-electron chi connectivity index (χ4n) is 0.216. The molecule has 6 heteroatoms. The van der Waals surface area contributed by atoms with Gasteiger partial charge in [0.15, 0.2) is 4.87 Å². The Bertz CT molecular complexity index is 217. The number of hydrogen-bond acceptors (Lipinski definition) is 3. The van der Waals surface area contributed by atoms with Gasteiger partial charge in [0.1, 0.15) is 0 Å². The van der Waals surface area contributed by atoms with E-state index in [9.17, 15) is 13.2 Å². The summed E-state index contributed by atoms with van der Waals surface area (Å²) in [6.45, 7) is 2.35. The summed E-state index contributed by atoms with van der Waals surface area (Å²) in [6.07, 6.45) is 0.216. The van der Waals surface area contributed by atoms with Crippen LogP contribution in [-0.2, 0) is 14.9 Å². The Labute approximate surface area is 59.2 Å². The summed E-state index contributed by atoms with van der Waals surface area (Å²) in [5.74, 6) is 0. The molecule has 0 rings (SSSR count). The van der Waals surface area contributed by atoms with Crippen LogP contribution in [0.3, 0.4) is 0 Å². The second kappa shape index (κ2) is 2.55. The van der Waals surface area contributed by atoms with Gasteiger partial charge in [-0.05, 0) is 13.8 Å². The topological polar surface area (TPSA) is 83.5 Å². The summed E-state index contributed by atoms with van der Waals surface area (Å²) in [5, 5.41) is 1.94. The number of nitrogens with one attached hydrogen (secondary N) is 1. The van der Waals surface area contributed by atoms with Crippen LogP contribution in [0.1, 0.15) is 13.8 Å². The molecule has 0 aliphatic heterocycles. The molecule has 60 valence electrons. The second-order valence-electron chi connectivity index (χ2n) is 2.25. The van der Waals surface area contributed by atoms with Gasteiger partial charge in [0, 0.05) is 0 Å². The SMILES string of the molecule is CC(C)(NC=O)S(=O)(=O)O. The van der Waals surface area contributed by atoms with Crippen LogP contribution in [0.25, 0.3) is 0 Å². The smallest absolute Gasteiger partial charge is 0.288 e. The molecular formula is C4H9NO4S. The summed E-state index contributed by atoms with van der Waals surface area (Å²) in [4.78, 5) is 8.18. The molecule has 0 saturated heterocycles. The molecular weight excluding hydrogens is 158 g/mol. The Balaban J connectivity index is 4.57. The van der Waals surface area contributed by atoms with Crippen molar-refractivity contribution in [2.24, 2.45) is 0 Å². The quantitative estimate of drug-likeness (QED) is 0.432. The molecule has 0 unspecified atom stereocenters. The van der Waals surface area contributed by atoms with Gasteiger partial charge >= 0.3 is 0 Å². The molecule has 0 aromatic heterocycles. The molecule has 0 radical (unpaired) electrons. The molecule has 0 aromatic carbocycles. The van der Waals surface area contributed by atoms with Crippen molar-refractivity contribution in [3.05, 3.63) is 0 Å². The average Bonchev–Trinajstić information content (AvgIpc) is 1.61. The molecule has 0 atom stereocenters. The van der Waals surface area contributed by atoms with E-state index in [4.69, 9.17) is 4.55 Å². The van der Waals surface area contributed by atoms with E-state index in [0.717, 1.165) is 0 Å². The van der Waals surface area contributed by atoms with Crippen LogP contribution in [0, 0.1) is 0 Å². The largest absolute Gasteiger partial charge is 0.338 e. The normalized spacial score (nSPS) is 12.7. The zero-order valence-corrected chi connectivity index (χ0v) is 6.47. The van der Waals surface area contributed by atoms with E-state index in [1.54, 1.807) is 0 Å². The van der Waals surface area contributed by atoms with E-state index in [0.29, 0.717) is 0 Å². The maximum Gasteiger partial charge on any atom is 0.288 e. The third-order valence-corrected chi connectivity index (χ3v) is 2.46. The van der Waals surface area contributed by atoms with E-state index in [2.05, 4.69) is 0 Å². The fourth-order valence-corrected chi connectivity index (χ4v) is 0.413. The zero-order chi connectivity index (χ0) is 8.41. The van der Waals surface area contributed by atoms with Crippen molar-refractivity contribution in [2.75, 3.05) is 0 Å². The van der Waals surface area contributed by atoms with Gasteiger partial charge in [0.25, 0.3) is 10.1 Å². The lowest BCUT2D eigenvalue weighted by Gasteiger charge is -2.18. The molecule has 0 fully saturated rings. The maximum atomic E-state index is 10.4. The second-order valence-corrected chi connectivity index (χ2v) is 4.22. The monoisotopic (exact) mass is 167 g/mol. The highest BCUT2D eigenvalue weighted by atomic mass is 32.2. The van der Waals surface area contributed by atoms with Gasteiger partial charge in [0.2, 0.25) is 6.41 Å². The summed E-state index contributed by atoms with van der Waals surface area (Å²) in [5.41, 5.74) is 0. The fraction of sp³-hybridized carbons (Fsp3) is 0.750. The Morgan fingerprint density at radius 2 is 1.90 bits per heavy atom. The standard InChI is InChI=1S/C4H9NO4S/c1-4(2,5-3-6)10(7,8)9/h3H,1-2H3,(H,5,6)(H,7,8,9). The molecule has 0 aliphatic rings. The number of carbonyl (C=O) groups excluding carboxylic acids is 1.